The van der Waals surface area contributed by atoms with Crippen molar-refractivity contribution in [2.45, 2.75) is 39.2 Å². The van der Waals surface area contributed by atoms with Crippen LogP contribution < -0.4 is 5.32 Å². The molecule has 0 spiro atoms. The topological polar surface area (TPSA) is 52.7 Å². The number of nitrogens with zero attached hydrogens (tertiary/aromatic N) is 2. The first kappa shape index (κ1) is 15.0. The second kappa shape index (κ2) is 7.36. The van der Waals surface area contributed by atoms with Crippen LogP contribution in [0.1, 0.15) is 33.1 Å². The molecule has 0 aromatic heterocycles. The molecule has 18 heavy (non-hydrogen) atoms. The smallest absolute Gasteiger partial charge is 0.242 e. The number of likely N-dealkylation sites (N-methyl/N-ethyl adjacent to an activating group) is 1. The maximum Gasteiger partial charge on any atom is 0.242 e. The number of nitrogens with one attached hydrogen (secondary N) is 1. The molecule has 1 aliphatic heterocycles. The Kier molecular flexibility index (Phi) is 6.12. The van der Waals surface area contributed by atoms with Crippen LogP contribution in [0.2, 0.25) is 0 Å². The van der Waals surface area contributed by atoms with Crippen molar-refractivity contribution in [2.75, 3.05) is 33.2 Å². The number of piperazine rings is 1. The third-order valence-electron chi connectivity index (χ3n) is 3.24. The van der Waals surface area contributed by atoms with E-state index in [4.69, 9.17) is 0 Å². The van der Waals surface area contributed by atoms with Crippen molar-refractivity contribution >= 4 is 11.8 Å². The van der Waals surface area contributed by atoms with Gasteiger partial charge in [0.05, 0.1) is 13.1 Å². The van der Waals surface area contributed by atoms with E-state index in [1.807, 2.05) is 0 Å². The highest BCUT2D eigenvalue weighted by Gasteiger charge is 2.28. The standard InChI is InChI=1S/C13H25N3O2/c1-4-6-11(14-7-5-2)8-16-10-12(17)15(3)9-13(16)18/h11,14H,4-10H2,1-3H3. The summed E-state index contributed by atoms with van der Waals surface area (Å²) in [7, 11) is 1.68. The van der Waals surface area contributed by atoms with Crippen molar-refractivity contribution in [1.29, 1.82) is 0 Å². The SMILES string of the molecule is CCCNC(CCC)CN1CC(=O)N(C)CC1=O. The molecule has 0 aromatic rings. The van der Waals surface area contributed by atoms with Crippen molar-refractivity contribution in [1.82, 2.24) is 15.1 Å². The summed E-state index contributed by atoms with van der Waals surface area (Å²) in [6.07, 6.45) is 3.20. The number of carbonyl (C=O) groups excluding carboxylic acids is 2. The molecule has 1 fully saturated rings. The summed E-state index contributed by atoms with van der Waals surface area (Å²) in [5.74, 6) is 0.0804. The molecule has 5 heteroatoms. The summed E-state index contributed by atoms with van der Waals surface area (Å²) in [5, 5.41) is 3.45. The molecule has 0 bridgehead atoms. The lowest BCUT2D eigenvalue weighted by Crippen LogP contribution is -2.55. The predicted octanol–water partition coefficient (Wildman–Crippen LogP) is 0.455. The van der Waals surface area contributed by atoms with Crippen LogP contribution in [0.3, 0.4) is 0 Å². The van der Waals surface area contributed by atoms with Crippen molar-refractivity contribution < 1.29 is 9.59 Å². The summed E-state index contributed by atoms with van der Waals surface area (Å²) < 4.78 is 0. The second-order valence-electron chi connectivity index (χ2n) is 4.96. The average molecular weight is 255 g/mol. The molecule has 104 valence electrons. The monoisotopic (exact) mass is 255 g/mol. The molecule has 1 aliphatic rings. The Bertz CT molecular complexity index is 294. The first-order valence-electron chi connectivity index (χ1n) is 6.83. The van der Waals surface area contributed by atoms with Gasteiger partial charge in [-0.2, -0.15) is 0 Å². The van der Waals surface area contributed by atoms with Crippen LogP contribution in [0, 0.1) is 0 Å². The van der Waals surface area contributed by atoms with E-state index in [1.165, 1.54) is 4.90 Å². The average Bonchev–Trinajstić information content (AvgIpc) is 2.33. The minimum absolute atomic E-state index is 0.0281. The van der Waals surface area contributed by atoms with E-state index in [0.29, 0.717) is 12.6 Å². The minimum Gasteiger partial charge on any atom is -0.335 e. The van der Waals surface area contributed by atoms with Crippen LogP contribution in [0.5, 0.6) is 0 Å². The van der Waals surface area contributed by atoms with E-state index < -0.39 is 0 Å². The molecule has 1 N–H and O–H groups in total. The number of carbonyl (C=O) groups is 2. The molecule has 0 saturated carbocycles. The molecular formula is C13H25N3O2. The Labute approximate surface area is 110 Å². The zero-order valence-corrected chi connectivity index (χ0v) is 11.7. The van der Waals surface area contributed by atoms with Crippen LogP contribution in [0.4, 0.5) is 0 Å². The second-order valence-corrected chi connectivity index (χ2v) is 4.96. The third-order valence-corrected chi connectivity index (χ3v) is 3.24. The van der Waals surface area contributed by atoms with E-state index in [2.05, 4.69) is 19.2 Å². The van der Waals surface area contributed by atoms with Gasteiger partial charge in [0.15, 0.2) is 0 Å². The molecule has 5 nitrogen and oxygen atoms in total. The zero-order chi connectivity index (χ0) is 13.5. The van der Waals surface area contributed by atoms with Gasteiger partial charge in [-0.3, -0.25) is 9.59 Å². The van der Waals surface area contributed by atoms with Gasteiger partial charge >= 0.3 is 0 Å². The Morgan fingerprint density at radius 2 is 1.89 bits per heavy atom. The maximum absolute atomic E-state index is 11.9. The summed E-state index contributed by atoms with van der Waals surface area (Å²) >= 11 is 0. The van der Waals surface area contributed by atoms with Crippen LogP contribution in [-0.4, -0.2) is 60.9 Å². The van der Waals surface area contributed by atoms with E-state index in [0.717, 1.165) is 25.8 Å². The molecule has 0 radical (unpaired) electrons. The normalized spacial score (nSPS) is 18.4. The highest BCUT2D eigenvalue weighted by molar-refractivity contribution is 5.92. The molecule has 0 aromatic carbocycles. The highest BCUT2D eigenvalue weighted by Crippen LogP contribution is 2.06. The van der Waals surface area contributed by atoms with Gasteiger partial charge in [0.1, 0.15) is 0 Å². The Morgan fingerprint density at radius 1 is 1.17 bits per heavy atom. The lowest BCUT2D eigenvalue weighted by atomic mass is 10.1. The lowest BCUT2D eigenvalue weighted by molar-refractivity contribution is -0.149. The molecular weight excluding hydrogens is 230 g/mol. The van der Waals surface area contributed by atoms with Crippen molar-refractivity contribution in [3.8, 4) is 0 Å². The molecule has 1 atom stereocenters. The van der Waals surface area contributed by atoms with Gasteiger partial charge in [0, 0.05) is 19.6 Å². The molecule has 1 heterocycles. The first-order chi connectivity index (χ1) is 8.58. The summed E-state index contributed by atoms with van der Waals surface area (Å²) in [6, 6.07) is 0.301. The quantitative estimate of drug-likeness (QED) is 0.719. The van der Waals surface area contributed by atoms with Crippen LogP contribution in [-0.2, 0) is 9.59 Å². The number of hydrogen-bond donors (Lipinski definition) is 1. The van der Waals surface area contributed by atoms with E-state index in [-0.39, 0.29) is 24.9 Å². The first-order valence-corrected chi connectivity index (χ1v) is 6.83. The van der Waals surface area contributed by atoms with Gasteiger partial charge in [-0.1, -0.05) is 20.3 Å². The predicted molar refractivity (Wildman–Crippen MR) is 71.2 cm³/mol. The Morgan fingerprint density at radius 3 is 2.50 bits per heavy atom. The molecule has 0 aliphatic carbocycles. The third kappa shape index (κ3) is 4.29. The molecule has 2 amide bonds. The van der Waals surface area contributed by atoms with Gasteiger partial charge in [0.25, 0.3) is 0 Å². The van der Waals surface area contributed by atoms with Gasteiger partial charge < -0.3 is 15.1 Å². The van der Waals surface area contributed by atoms with E-state index in [1.54, 1.807) is 11.9 Å². The van der Waals surface area contributed by atoms with Crippen molar-refractivity contribution in [3.05, 3.63) is 0 Å². The summed E-state index contributed by atoms with van der Waals surface area (Å²) in [6.45, 7) is 6.31. The van der Waals surface area contributed by atoms with Crippen molar-refractivity contribution in [3.63, 3.8) is 0 Å². The lowest BCUT2D eigenvalue weighted by Gasteiger charge is -2.34. The minimum atomic E-state index is 0.0281. The van der Waals surface area contributed by atoms with Crippen LogP contribution >= 0.6 is 0 Å². The molecule has 1 unspecified atom stereocenters. The highest BCUT2D eigenvalue weighted by atomic mass is 16.2. The van der Waals surface area contributed by atoms with Gasteiger partial charge in [-0.15, -0.1) is 0 Å². The molecule has 1 saturated heterocycles. The summed E-state index contributed by atoms with van der Waals surface area (Å²) in [4.78, 5) is 26.7. The number of rotatable bonds is 7. The van der Waals surface area contributed by atoms with E-state index >= 15 is 0 Å². The molecule has 1 rings (SSSR count). The fourth-order valence-corrected chi connectivity index (χ4v) is 2.15. The van der Waals surface area contributed by atoms with Crippen LogP contribution in [0.15, 0.2) is 0 Å². The summed E-state index contributed by atoms with van der Waals surface area (Å²) in [5.41, 5.74) is 0. The fourth-order valence-electron chi connectivity index (χ4n) is 2.15. The maximum atomic E-state index is 11.9. The van der Waals surface area contributed by atoms with Gasteiger partial charge in [-0.25, -0.2) is 0 Å². The van der Waals surface area contributed by atoms with Gasteiger partial charge in [0.2, 0.25) is 11.8 Å². The Hall–Kier alpha value is -1.10. The van der Waals surface area contributed by atoms with Crippen molar-refractivity contribution in [2.24, 2.45) is 0 Å². The number of amides is 2. The zero-order valence-electron chi connectivity index (χ0n) is 11.7. The largest absolute Gasteiger partial charge is 0.335 e. The van der Waals surface area contributed by atoms with Crippen LogP contribution in [0.25, 0.3) is 0 Å². The van der Waals surface area contributed by atoms with Gasteiger partial charge in [-0.05, 0) is 19.4 Å². The fraction of sp³-hybridized carbons (Fsp3) is 0.846. The van der Waals surface area contributed by atoms with E-state index in [9.17, 15) is 9.59 Å². The Balaban J connectivity index is 2.51. The number of hydrogen-bond acceptors (Lipinski definition) is 3.